The first kappa shape index (κ1) is 16.2. The third kappa shape index (κ3) is 3.32. The number of primary sulfonamides is 1. The van der Waals surface area contributed by atoms with Crippen molar-refractivity contribution in [1.82, 2.24) is 4.72 Å². The van der Waals surface area contributed by atoms with E-state index >= 15 is 0 Å². The molecule has 124 valence electrons. The Labute approximate surface area is 134 Å². The van der Waals surface area contributed by atoms with Gasteiger partial charge in [-0.25, -0.2) is 26.7 Å². The summed E-state index contributed by atoms with van der Waals surface area (Å²) in [4.78, 5) is -0.382. The minimum Gasteiger partial charge on any atom is -0.469 e. The normalized spacial score (nSPS) is 18.6. The van der Waals surface area contributed by atoms with Gasteiger partial charge in [-0.05, 0) is 37.1 Å². The molecule has 1 aromatic carbocycles. The maximum absolute atomic E-state index is 12.5. The molecule has 7 nitrogen and oxygen atoms in total. The summed E-state index contributed by atoms with van der Waals surface area (Å²) in [7, 11) is -7.84. The van der Waals surface area contributed by atoms with Crippen LogP contribution in [0.3, 0.4) is 0 Å². The Kier molecular flexibility index (Phi) is 4.05. The molecule has 23 heavy (non-hydrogen) atoms. The van der Waals surface area contributed by atoms with E-state index in [2.05, 4.69) is 4.72 Å². The van der Waals surface area contributed by atoms with Crippen molar-refractivity contribution in [1.29, 1.82) is 0 Å². The summed E-state index contributed by atoms with van der Waals surface area (Å²) < 4.78 is 55.8. The molecule has 1 heterocycles. The summed E-state index contributed by atoms with van der Waals surface area (Å²) in [6, 6.07) is 6.34. The standard InChI is InChI=1S/C14H16N2O5S2/c15-22(17,18)10-3-1-4-11(9-10)23(19,20)16-13-5-2-6-14-12(13)7-8-21-14/h1,3-4,7-9,13,16H,2,5-6H2,(H2,15,17,18)/t13-/m0/s1. The summed E-state index contributed by atoms with van der Waals surface area (Å²) >= 11 is 0. The van der Waals surface area contributed by atoms with Crippen LogP contribution in [0.25, 0.3) is 0 Å². The molecular weight excluding hydrogens is 340 g/mol. The average Bonchev–Trinajstić information content (AvgIpc) is 2.96. The Balaban J connectivity index is 1.92. The van der Waals surface area contributed by atoms with E-state index in [4.69, 9.17) is 9.56 Å². The van der Waals surface area contributed by atoms with Gasteiger partial charge < -0.3 is 4.42 Å². The van der Waals surface area contributed by atoms with Crippen molar-refractivity contribution in [2.24, 2.45) is 5.14 Å². The lowest BCUT2D eigenvalue weighted by atomic mass is 9.94. The molecule has 0 fully saturated rings. The Morgan fingerprint density at radius 2 is 1.87 bits per heavy atom. The first-order chi connectivity index (χ1) is 10.8. The predicted octanol–water partition coefficient (Wildman–Crippen LogP) is 1.28. The highest BCUT2D eigenvalue weighted by Gasteiger charge is 2.28. The number of nitrogens with one attached hydrogen (secondary N) is 1. The summed E-state index contributed by atoms with van der Waals surface area (Å²) in [6.45, 7) is 0. The van der Waals surface area contributed by atoms with Crippen molar-refractivity contribution in [3.8, 4) is 0 Å². The second kappa shape index (κ2) is 5.75. The highest BCUT2D eigenvalue weighted by molar-refractivity contribution is 7.90. The van der Waals surface area contributed by atoms with Gasteiger partial charge in [0.15, 0.2) is 0 Å². The van der Waals surface area contributed by atoms with Crippen LogP contribution in [0.4, 0.5) is 0 Å². The predicted molar refractivity (Wildman–Crippen MR) is 82.5 cm³/mol. The Morgan fingerprint density at radius 1 is 1.13 bits per heavy atom. The van der Waals surface area contributed by atoms with E-state index in [1.165, 1.54) is 18.2 Å². The molecule has 1 aliphatic rings. The number of aryl methyl sites for hydroxylation is 1. The molecule has 3 N–H and O–H groups in total. The minimum absolute atomic E-state index is 0.139. The molecule has 9 heteroatoms. The number of rotatable bonds is 4. The number of hydrogen-bond acceptors (Lipinski definition) is 5. The van der Waals surface area contributed by atoms with Gasteiger partial charge in [0.25, 0.3) is 0 Å². The number of nitrogens with two attached hydrogens (primary N) is 1. The second-order valence-corrected chi connectivity index (χ2v) is 8.66. The van der Waals surface area contributed by atoms with Gasteiger partial charge in [0, 0.05) is 12.0 Å². The van der Waals surface area contributed by atoms with Crippen LogP contribution in [-0.4, -0.2) is 16.8 Å². The van der Waals surface area contributed by atoms with E-state index in [0.29, 0.717) is 6.42 Å². The first-order valence-electron chi connectivity index (χ1n) is 6.99. The second-order valence-electron chi connectivity index (χ2n) is 5.39. The molecule has 3 rings (SSSR count). The fourth-order valence-corrected chi connectivity index (χ4v) is 4.61. The van der Waals surface area contributed by atoms with Crippen LogP contribution in [0, 0.1) is 0 Å². The molecule has 0 unspecified atom stereocenters. The van der Waals surface area contributed by atoms with Gasteiger partial charge in [-0.3, -0.25) is 0 Å². The summed E-state index contributed by atoms with van der Waals surface area (Å²) in [5, 5.41) is 5.05. The lowest BCUT2D eigenvalue weighted by molar-refractivity contribution is 0.438. The van der Waals surface area contributed by atoms with Gasteiger partial charge in [-0.2, -0.15) is 0 Å². The van der Waals surface area contributed by atoms with Crippen LogP contribution < -0.4 is 9.86 Å². The number of hydrogen-bond donors (Lipinski definition) is 2. The monoisotopic (exact) mass is 356 g/mol. The van der Waals surface area contributed by atoms with Crippen LogP contribution in [0.15, 0.2) is 50.8 Å². The highest BCUT2D eigenvalue weighted by Crippen LogP contribution is 2.31. The zero-order chi connectivity index (χ0) is 16.7. The number of sulfonamides is 2. The molecular formula is C14H16N2O5S2. The SMILES string of the molecule is NS(=O)(=O)c1cccc(S(=O)(=O)N[C@H]2CCCc3occc32)c1. The third-order valence-corrected chi connectivity index (χ3v) is 6.17. The number of furan rings is 1. The molecule has 0 bridgehead atoms. The zero-order valence-corrected chi connectivity index (χ0v) is 13.7. The Hall–Kier alpha value is -1.68. The fraction of sp³-hybridized carbons (Fsp3) is 0.286. The summed E-state index contributed by atoms with van der Waals surface area (Å²) in [5.41, 5.74) is 0.822. The van der Waals surface area contributed by atoms with Crippen LogP contribution >= 0.6 is 0 Å². The lowest BCUT2D eigenvalue weighted by Crippen LogP contribution is -2.30. The van der Waals surface area contributed by atoms with E-state index in [1.54, 1.807) is 12.3 Å². The number of fused-ring (bicyclic) bond motifs is 1. The van der Waals surface area contributed by atoms with Crippen LogP contribution in [0.2, 0.25) is 0 Å². The van der Waals surface area contributed by atoms with Crippen molar-refractivity contribution >= 4 is 20.0 Å². The fourth-order valence-electron chi connectivity index (χ4n) is 2.68. The minimum atomic E-state index is -3.97. The molecule has 2 aromatic rings. The van der Waals surface area contributed by atoms with Crippen molar-refractivity contribution in [2.45, 2.75) is 35.1 Å². The molecule has 0 saturated carbocycles. The van der Waals surface area contributed by atoms with Gasteiger partial charge in [0.2, 0.25) is 20.0 Å². The molecule has 0 radical (unpaired) electrons. The maximum Gasteiger partial charge on any atom is 0.241 e. The van der Waals surface area contributed by atoms with Gasteiger partial charge >= 0.3 is 0 Å². The molecule has 1 atom stereocenters. The largest absolute Gasteiger partial charge is 0.469 e. The third-order valence-electron chi connectivity index (χ3n) is 3.79. The molecule has 0 spiro atoms. The van der Waals surface area contributed by atoms with E-state index in [0.717, 1.165) is 30.2 Å². The lowest BCUT2D eigenvalue weighted by Gasteiger charge is -2.22. The zero-order valence-electron chi connectivity index (χ0n) is 12.1. The van der Waals surface area contributed by atoms with Crippen LogP contribution in [0.1, 0.15) is 30.2 Å². The quantitative estimate of drug-likeness (QED) is 0.855. The maximum atomic E-state index is 12.5. The van der Waals surface area contributed by atoms with Gasteiger partial charge in [0.05, 0.1) is 22.1 Å². The summed E-state index contributed by atoms with van der Waals surface area (Å²) in [6.07, 6.45) is 3.78. The molecule has 0 saturated heterocycles. The van der Waals surface area contributed by atoms with E-state index in [1.807, 2.05) is 0 Å². The van der Waals surface area contributed by atoms with Crippen LogP contribution in [0.5, 0.6) is 0 Å². The van der Waals surface area contributed by atoms with Crippen molar-refractivity contribution in [2.75, 3.05) is 0 Å². The van der Waals surface area contributed by atoms with Crippen molar-refractivity contribution in [3.05, 3.63) is 47.9 Å². The van der Waals surface area contributed by atoms with Gasteiger partial charge in [-0.15, -0.1) is 0 Å². The van der Waals surface area contributed by atoms with E-state index < -0.39 is 20.0 Å². The topological polar surface area (TPSA) is 119 Å². The highest BCUT2D eigenvalue weighted by atomic mass is 32.2. The first-order valence-corrected chi connectivity index (χ1v) is 10.0. The van der Waals surface area contributed by atoms with E-state index in [-0.39, 0.29) is 15.8 Å². The summed E-state index contributed by atoms with van der Waals surface area (Å²) in [5.74, 6) is 0.780. The molecule has 1 aliphatic carbocycles. The molecule has 1 aromatic heterocycles. The van der Waals surface area contributed by atoms with Crippen molar-refractivity contribution < 1.29 is 21.3 Å². The van der Waals surface area contributed by atoms with Gasteiger partial charge in [0.1, 0.15) is 5.76 Å². The molecule has 0 amide bonds. The Bertz CT molecular complexity index is 932. The number of benzene rings is 1. The van der Waals surface area contributed by atoms with Crippen molar-refractivity contribution in [3.63, 3.8) is 0 Å². The molecule has 0 aliphatic heterocycles. The average molecular weight is 356 g/mol. The Morgan fingerprint density at radius 3 is 2.61 bits per heavy atom. The smallest absolute Gasteiger partial charge is 0.241 e. The van der Waals surface area contributed by atoms with Gasteiger partial charge in [-0.1, -0.05) is 6.07 Å². The van der Waals surface area contributed by atoms with E-state index in [9.17, 15) is 16.8 Å². The van der Waals surface area contributed by atoms with Crippen LogP contribution in [-0.2, 0) is 26.5 Å².